The molecule has 0 aromatic rings. The fourth-order valence-electron chi connectivity index (χ4n) is 4.48. The molecule has 2 fully saturated rings. The normalized spacial score (nSPS) is 41.2. The molecule has 3 nitrogen and oxygen atoms in total. The highest BCUT2D eigenvalue weighted by Gasteiger charge is 2.61. The molecule has 126 valence electrons. The van der Waals surface area contributed by atoms with Crippen LogP contribution in [0.25, 0.3) is 0 Å². The van der Waals surface area contributed by atoms with E-state index in [1.54, 1.807) is 0 Å². The molecule has 1 spiro atoms. The molecule has 0 unspecified atom stereocenters. The second kappa shape index (κ2) is 5.35. The largest absolute Gasteiger partial charge is 0.548 e. The summed E-state index contributed by atoms with van der Waals surface area (Å²) in [5.41, 5.74) is 0.0799. The maximum Gasteiger partial charge on any atom is 0.241 e. The van der Waals surface area contributed by atoms with Gasteiger partial charge in [-0.3, -0.25) is 0 Å². The topological polar surface area (TPSA) is 27.7 Å². The van der Waals surface area contributed by atoms with Crippen LogP contribution in [0.15, 0.2) is 11.8 Å². The molecular weight excluding hydrogens is 292 g/mol. The molecule has 0 aromatic carbocycles. The zero-order valence-corrected chi connectivity index (χ0v) is 16.1. The van der Waals surface area contributed by atoms with E-state index in [1.807, 2.05) is 0 Å². The van der Waals surface area contributed by atoms with E-state index in [9.17, 15) is 0 Å². The van der Waals surface area contributed by atoms with Crippen molar-refractivity contribution < 1.29 is 13.9 Å². The molecule has 0 N–H and O–H groups in total. The van der Waals surface area contributed by atoms with Gasteiger partial charge in [0.15, 0.2) is 5.79 Å². The first-order chi connectivity index (χ1) is 10.2. The molecule has 1 aliphatic heterocycles. The Morgan fingerprint density at radius 3 is 2.41 bits per heavy atom. The Labute approximate surface area is 136 Å². The predicted octanol–water partition coefficient (Wildman–Crippen LogP) is 4.84. The number of hydrogen-bond acceptors (Lipinski definition) is 3. The van der Waals surface area contributed by atoms with Crippen molar-refractivity contribution in [3.8, 4) is 0 Å². The van der Waals surface area contributed by atoms with Gasteiger partial charge in [-0.05, 0) is 64.7 Å². The van der Waals surface area contributed by atoms with Gasteiger partial charge in [0, 0.05) is 18.3 Å². The summed E-state index contributed by atoms with van der Waals surface area (Å²) in [5, 5.41) is 0. The van der Waals surface area contributed by atoms with Crippen molar-refractivity contribution in [3.63, 3.8) is 0 Å². The van der Waals surface area contributed by atoms with E-state index in [0.717, 1.165) is 19.3 Å². The average Bonchev–Trinajstić information content (AvgIpc) is 2.67. The van der Waals surface area contributed by atoms with Crippen LogP contribution in [0, 0.1) is 11.3 Å². The van der Waals surface area contributed by atoms with Crippen molar-refractivity contribution >= 4 is 8.32 Å². The predicted molar refractivity (Wildman–Crippen MR) is 91.0 cm³/mol. The van der Waals surface area contributed by atoms with Crippen molar-refractivity contribution in [2.45, 2.75) is 90.5 Å². The van der Waals surface area contributed by atoms with E-state index in [-0.39, 0.29) is 23.4 Å². The molecule has 0 aromatic heterocycles. The molecular formula is C18H32O3Si. The van der Waals surface area contributed by atoms with E-state index >= 15 is 0 Å². The van der Waals surface area contributed by atoms with E-state index in [0.29, 0.717) is 5.92 Å². The van der Waals surface area contributed by atoms with Crippen LogP contribution >= 0.6 is 0 Å². The molecule has 22 heavy (non-hydrogen) atoms. The Balaban J connectivity index is 1.85. The zero-order chi connectivity index (χ0) is 16.2. The summed E-state index contributed by atoms with van der Waals surface area (Å²) in [6.07, 6.45) is 8.27. The van der Waals surface area contributed by atoms with Crippen molar-refractivity contribution in [1.82, 2.24) is 0 Å². The van der Waals surface area contributed by atoms with E-state index in [1.165, 1.54) is 18.6 Å². The summed E-state index contributed by atoms with van der Waals surface area (Å²) in [7, 11) is -1.52. The molecule has 4 atom stereocenters. The third-order valence-corrected chi connectivity index (χ3v) is 6.76. The van der Waals surface area contributed by atoms with Crippen LogP contribution in [0.3, 0.4) is 0 Å². The highest BCUT2D eigenvalue weighted by atomic mass is 28.4. The molecule has 2 aliphatic carbocycles. The van der Waals surface area contributed by atoms with E-state index in [4.69, 9.17) is 13.9 Å². The fraction of sp³-hybridized carbons (Fsp3) is 0.889. The molecule has 1 saturated carbocycles. The maximum absolute atomic E-state index is 6.43. The van der Waals surface area contributed by atoms with Crippen molar-refractivity contribution in [3.05, 3.63) is 11.8 Å². The van der Waals surface area contributed by atoms with Crippen LogP contribution in [0.1, 0.15) is 52.9 Å². The van der Waals surface area contributed by atoms with Gasteiger partial charge in [-0.15, -0.1) is 0 Å². The van der Waals surface area contributed by atoms with Gasteiger partial charge >= 0.3 is 0 Å². The molecule has 1 heterocycles. The van der Waals surface area contributed by atoms with Crippen LogP contribution in [0.4, 0.5) is 0 Å². The molecule has 4 heteroatoms. The Morgan fingerprint density at radius 1 is 1.18 bits per heavy atom. The summed E-state index contributed by atoms with van der Waals surface area (Å²) in [6.45, 7) is 13.4. The molecule has 0 bridgehead atoms. The highest BCUT2D eigenvalue weighted by Crippen LogP contribution is 2.59. The van der Waals surface area contributed by atoms with Gasteiger partial charge in [0.05, 0.1) is 18.0 Å². The Morgan fingerprint density at radius 2 is 1.82 bits per heavy atom. The average molecular weight is 325 g/mol. The monoisotopic (exact) mass is 324 g/mol. The molecule has 0 amide bonds. The summed E-state index contributed by atoms with van der Waals surface area (Å²) in [4.78, 5) is 0. The summed E-state index contributed by atoms with van der Waals surface area (Å²) in [5.74, 6) is 1.45. The van der Waals surface area contributed by atoms with Gasteiger partial charge in [-0.1, -0.05) is 6.92 Å². The van der Waals surface area contributed by atoms with Crippen molar-refractivity contribution in [1.29, 1.82) is 0 Å². The minimum absolute atomic E-state index is 0.0799. The third-order valence-electron chi connectivity index (χ3n) is 5.88. The van der Waals surface area contributed by atoms with Crippen molar-refractivity contribution in [2.75, 3.05) is 0 Å². The molecule has 0 radical (unpaired) electrons. The summed E-state index contributed by atoms with van der Waals surface area (Å²) in [6, 6.07) is 0. The van der Waals surface area contributed by atoms with Crippen LogP contribution in [-0.4, -0.2) is 26.3 Å². The first-order valence-electron chi connectivity index (χ1n) is 8.89. The Bertz CT molecular complexity index is 457. The smallest absolute Gasteiger partial charge is 0.241 e. The van der Waals surface area contributed by atoms with Crippen LogP contribution in [0.5, 0.6) is 0 Å². The lowest BCUT2D eigenvalue weighted by atomic mass is 9.58. The quantitative estimate of drug-likeness (QED) is 0.680. The Kier molecular flexibility index (Phi) is 4.02. The van der Waals surface area contributed by atoms with Gasteiger partial charge in [0.25, 0.3) is 0 Å². The lowest BCUT2D eigenvalue weighted by Gasteiger charge is -2.54. The SMILES string of the molecule is C[C@H]1OC2(CCC[C@H]3CC(O[Si](C)(C)C)=CC[C@]32C)O[C@@H]1C. The number of hydrogen-bond donors (Lipinski definition) is 0. The second-order valence-electron chi connectivity index (χ2n) is 8.70. The van der Waals surface area contributed by atoms with Gasteiger partial charge in [-0.25, -0.2) is 0 Å². The fourth-order valence-corrected chi connectivity index (χ4v) is 5.43. The third kappa shape index (κ3) is 2.67. The summed E-state index contributed by atoms with van der Waals surface area (Å²) < 4.78 is 19.1. The second-order valence-corrected chi connectivity index (χ2v) is 13.1. The number of ether oxygens (including phenoxy) is 2. The van der Waals surface area contributed by atoms with E-state index < -0.39 is 8.32 Å². The van der Waals surface area contributed by atoms with Crippen LogP contribution in [-0.2, 0) is 13.9 Å². The minimum Gasteiger partial charge on any atom is -0.548 e. The number of fused-ring (bicyclic) bond motifs is 2. The lowest BCUT2D eigenvalue weighted by molar-refractivity contribution is -0.279. The van der Waals surface area contributed by atoms with Crippen LogP contribution < -0.4 is 0 Å². The molecule has 1 saturated heterocycles. The summed E-state index contributed by atoms with van der Waals surface area (Å²) >= 11 is 0. The molecule has 3 aliphatic rings. The standard InChI is InChI=1S/C18H32O3Si/c1-13-14(2)20-18(19-13)10-7-8-15-12-16(21-22(4,5)6)9-11-17(15,18)3/h9,13-15H,7-8,10-12H2,1-6H3/t13-,14-,15+,17-/m1/s1. The first-order valence-corrected chi connectivity index (χ1v) is 12.3. The highest BCUT2D eigenvalue weighted by molar-refractivity contribution is 6.70. The van der Waals surface area contributed by atoms with Gasteiger partial charge < -0.3 is 13.9 Å². The number of rotatable bonds is 2. The van der Waals surface area contributed by atoms with Crippen LogP contribution in [0.2, 0.25) is 19.6 Å². The van der Waals surface area contributed by atoms with Gasteiger partial charge in [0.2, 0.25) is 8.32 Å². The molecule has 3 rings (SSSR count). The Hall–Kier alpha value is -0.323. The van der Waals surface area contributed by atoms with Gasteiger partial charge in [0.1, 0.15) is 0 Å². The van der Waals surface area contributed by atoms with Crippen molar-refractivity contribution in [2.24, 2.45) is 11.3 Å². The lowest BCUT2D eigenvalue weighted by Crippen LogP contribution is -2.56. The number of allylic oxidation sites excluding steroid dienone is 2. The first kappa shape index (κ1) is 16.5. The zero-order valence-electron chi connectivity index (χ0n) is 15.1. The van der Waals surface area contributed by atoms with Gasteiger partial charge in [-0.2, -0.15) is 0 Å². The van der Waals surface area contributed by atoms with E-state index in [2.05, 4.69) is 46.5 Å². The minimum atomic E-state index is -1.52. The maximum atomic E-state index is 6.43.